The predicted molar refractivity (Wildman–Crippen MR) is 99.7 cm³/mol. The van der Waals surface area contributed by atoms with Crippen LogP contribution < -0.4 is 4.74 Å². The summed E-state index contributed by atoms with van der Waals surface area (Å²) in [6, 6.07) is 15.0. The van der Waals surface area contributed by atoms with Crippen molar-refractivity contribution in [3.63, 3.8) is 0 Å². The molecule has 31 heavy (non-hydrogen) atoms. The van der Waals surface area contributed by atoms with Crippen LogP contribution in [0, 0.1) is 34.3 Å². The molecule has 0 fully saturated rings. The van der Waals surface area contributed by atoms with Crippen LogP contribution in [-0.4, -0.2) is 5.11 Å². The molecule has 3 aromatic carbocycles. The molecule has 1 N–H and O–H groups in total. The molecule has 158 valence electrons. The smallest absolute Gasteiger partial charge is 0.416 e. The molecule has 0 aromatic heterocycles. The van der Waals surface area contributed by atoms with Gasteiger partial charge in [0.25, 0.3) is 0 Å². The number of aromatic hydroxyl groups is 1. The molecule has 4 nitrogen and oxygen atoms in total. The van der Waals surface area contributed by atoms with Crippen molar-refractivity contribution < 1.29 is 31.8 Å². The highest BCUT2D eigenvalue weighted by Crippen LogP contribution is 2.29. The van der Waals surface area contributed by atoms with Crippen molar-refractivity contribution in [2.24, 2.45) is 0 Å². The zero-order valence-corrected chi connectivity index (χ0v) is 15.6. The molecule has 0 saturated carbocycles. The van der Waals surface area contributed by atoms with Gasteiger partial charge in [0.05, 0.1) is 16.7 Å². The standard InChI is InChI=1S/C15H9F4NO.C7H4FNO/c16-14-7-13(6-3-11(14)8-20)21-9-10-1-4-12(5-2-10)15(17,18)19;8-7-3-6(10)2-1-5(7)4-9/h1-7H,9H2;1-3,10H. The zero-order chi connectivity index (χ0) is 23.0. The Morgan fingerprint density at radius 1 is 0.806 bits per heavy atom. The first-order valence-corrected chi connectivity index (χ1v) is 8.51. The van der Waals surface area contributed by atoms with Gasteiger partial charge in [0, 0.05) is 12.1 Å². The quantitative estimate of drug-likeness (QED) is 0.539. The van der Waals surface area contributed by atoms with Gasteiger partial charge in [0.15, 0.2) is 0 Å². The van der Waals surface area contributed by atoms with Crippen LogP contribution in [0.15, 0.2) is 60.7 Å². The van der Waals surface area contributed by atoms with Gasteiger partial charge >= 0.3 is 6.18 Å². The Labute approximate surface area is 174 Å². The number of halogens is 5. The van der Waals surface area contributed by atoms with Crippen molar-refractivity contribution in [3.8, 4) is 23.6 Å². The van der Waals surface area contributed by atoms with Crippen LogP contribution in [0.1, 0.15) is 22.3 Å². The highest BCUT2D eigenvalue weighted by atomic mass is 19.4. The van der Waals surface area contributed by atoms with E-state index in [-0.39, 0.29) is 29.2 Å². The lowest BCUT2D eigenvalue weighted by Gasteiger charge is -2.09. The molecule has 0 aliphatic heterocycles. The molecule has 9 heteroatoms. The Morgan fingerprint density at radius 3 is 1.84 bits per heavy atom. The van der Waals surface area contributed by atoms with Crippen LogP contribution in [0.3, 0.4) is 0 Å². The molecule has 0 radical (unpaired) electrons. The number of phenolic OH excluding ortho intramolecular Hbond substituents is 1. The normalized spacial score (nSPS) is 10.3. The lowest BCUT2D eigenvalue weighted by atomic mass is 10.1. The summed E-state index contributed by atoms with van der Waals surface area (Å²) in [5.41, 5.74) is -0.377. The minimum Gasteiger partial charge on any atom is -0.508 e. The van der Waals surface area contributed by atoms with Gasteiger partial charge in [-0.25, -0.2) is 8.78 Å². The molecule has 0 aliphatic carbocycles. The lowest BCUT2D eigenvalue weighted by molar-refractivity contribution is -0.137. The number of nitrogens with zero attached hydrogens (tertiary/aromatic N) is 2. The fourth-order valence-corrected chi connectivity index (χ4v) is 2.23. The Kier molecular flexibility index (Phi) is 7.53. The highest BCUT2D eigenvalue weighted by Gasteiger charge is 2.29. The summed E-state index contributed by atoms with van der Waals surface area (Å²) in [5, 5.41) is 25.5. The van der Waals surface area contributed by atoms with Gasteiger partial charge in [-0.2, -0.15) is 23.7 Å². The molecule has 0 aliphatic rings. The van der Waals surface area contributed by atoms with Crippen molar-refractivity contribution in [2.45, 2.75) is 12.8 Å². The SMILES string of the molecule is N#Cc1ccc(O)cc1F.N#Cc1ccc(OCc2ccc(C(F)(F)F)cc2)cc1F. The molecule has 0 saturated heterocycles. The van der Waals surface area contributed by atoms with E-state index in [4.69, 9.17) is 20.4 Å². The van der Waals surface area contributed by atoms with Crippen molar-refractivity contribution in [1.29, 1.82) is 10.5 Å². The number of ether oxygens (including phenoxy) is 1. The first-order chi connectivity index (χ1) is 14.6. The first kappa shape index (κ1) is 23.2. The number of hydrogen-bond acceptors (Lipinski definition) is 4. The average Bonchev–Trinajstić information content (AvgIpc) is 2.72. The minimum atomic E-state index is -4.38. The van der Waals surface area contributed by atoms with Crippen LogP contribution in [0.4, 0.5) is 22.0 Å². The van der Waals surface area contributed by atoms with E-state index in [0.717, 1.165) is 24.3 Å². The third kappa shape index (κ3) is 6.72. The van der Waals surface area contributed by atoms with Crippen molar-refractivity contribution in [1.82, 2.24) is 0 Å². The third-order valence-corrected chi connectivity index (χ3v) is 3.82. The molecule has 3 aromatic rings. The topological polar surface area (TPSA) is 77.0 Å². The number of hydrogen-bond donors (Lipinski definition) is 1. The Hall–Kier alpha value is -4.11. The van der Waals surface area contributed by atoms with Crippen molar-refractivity contribution >= 4 is 0 Å². The maximum Gasteiger partial charge on any atom is 0.416 e. The summed E-state index contributed by atoms with van der Waals surface area (Å²) < 4.78 is 68.2. The molecular formula is C22H13F5N2O2. The fraction of sp³-hybridized carbons (Fsp3) is 0.0909. The summed E-state index contributed by atoms with van der Waals surface area (Å²) in [4.78, 5) is 0. The molecule has 3 rings (SSSR count). The van der Waals surface area contributed by atoms with Gasteiger partial charge < -0.3 is 9.84 Å². The summed E-state index contributed by atoms with van der Waals surface area (Å²) >= 11 is 0. The Morgan fingerprint density at radius 2 is 1.35 bits per heavy atom. The number of alkyl halides is 3. The third-order valence-electron chi connectivity index (χ3n) is 3.82. The van der Waals surface area contributed by atoms with Crippen molar-refractivity contribution in [2.75, 3.05) is 0 Å². The van der Waals surface area contributed by atoms with Crippen molar-refractivity contribution in [3.05, 3.63) is 94.6 Å². The van der Waals surface area contributed by atoms with E-state index >= 15 is 0 Å². The Bertz CT molecular complexity index is 1130. The maximum atomic E-state index is 13.3. The molecule has 0 amide bonds. The maximum absolute atomic E-state index is 13.3. The van der Waals surface area contributed by atoms with Crippen LogP contribution in [0.25, 0.3) is 0 Å². The van der Waals surface area contributed by atoms with E-state index in [1.54, 1.807) is 12.1 Å². The van der Waals surface area contributed by atoms with E-state index in [2.05, 4.69) is 0 Å². The highest BCUT2D eigenvalue weighted by molar-refractivity contribution is 5.37. The molecule has 0 spiro atoms. The summed E-state index contributed by atoms with van der Waals surface area (Å²) in [7, 11) is 0. The van der Waals surface area contributed by atoms with Gasteiger partial charge in [0.2, 0.25) is 0 Å². The lowest BCUT2D eigenvalue weighted by Crippen LogP contribution is -2.05. The second-order valence-electron chi connectivity index (χ2n) is 6.01. The van der Waals surface area contributed by atoms with Gasteiger partial charge in [0.1, 0.15) is 41.9 Å². The number of rotatable bonds is 3. The molecule has 0 atom stereocenters. The van der Waals surface area contributed by atoms with E-state index in [9.17, 15) is 22.0 Å². The van der Waals surface area contributed by atoms with E-state index < -0.39 is 23.4 Å². The fourth-order valence-electron chi connectivity index (χ4n) is 2.23. The number of phenols is 1. The van der Waals surface area contributed by atoms with Gasteiger partial charge in [-0.1, -0.05) is 12.1 Å². The van der Waals surface area contributed by atoms with E-state index in [0.29, 0.717) is 5.56 Å². The second-order valence-corrected chi connectivity index (χ2v) is 6.01. The molecule has 0 bridgehead atoms. The number of benzene rings is 3. The van der Waals surface area contributed by atoms with E-state index in [1.807, 2.05) is 0 Å². The average molecular weight is 432 g/mol. The predicted octanol–water partition coefficient (Wildman–Crippen LogP) is 5.70. The van der Waals surface area contributed by atoms with Gasteiger partial charge in [-0.3, -0.25) is 0 Å². The largest absolute Gasteiger partial charge is 0.508 e. The second kappa shape index (κ2) is 10.1. The first-order valence-electron chi connectivity index (χ1n) is 8.51. The van der Waals surface area contributed by atoms with E-state index in [1.165, 1.54) is 36.4 Å². The van der Waals surface area contributed by atoms with Crippen LogP contribution in [0.2, 0.25) is 0 Å². The molecule has 0 heterocycles. The van der Waals surface area contributed by atoms with Crippen LogP contribution in [0.5, 0.6) is 11.5 Å². The zero-order valence-electron chi connectivity index (χ0n) is 15.6. The van der Waals surface area contributed by atoms with Gasteiger partial charge in [-0.05, 0) is 42.0 Å². The summed E-state index contributed by atoms with van der Waals surface area (Å²) in [6.07, 6.45) is -4.38. The monoisotopic (exact) mass is 432 g/mol. The number of nitriles is 2. The Balaban J connectivity index is 0.000000285. The summed E-state index contributed by atoms with van der Waals surface area (Å²) in [6.45, 7) is 0.00345. The minimum absolute atomic E-state index is 0.00345. The van der Waals surface area contributed by atoms with Gasteiger partial charge in [-0.15, -0.1) is 0 Å². The van der Waals surface area contributed by atoms with Crippen LogP contribution >= 0.6 is 0 Å². The van der Waals surface area contributed by atoms with Crippen LogP contribution in [-0.2, 0) is 12.8 Å². The molecular weight excluding hydrogens is 419 g/mol. The summed E-state index contributed by atoms with van der Waals surface area (Å²) in [5.74, 6) is -1.37. The molecule has 0 unspecified atom stereocenters.